The lowest BCUT2D eigenvalue weighted by atomic mass is 9.96. The molecule has 1 saturated heterocycles. The van der Waals surface area contributed by atoms with E-state index in [-0.39, 0.29) is 11.8 Å². The Morgan fingerprint density at radius 1 is 1.23 bits per heavy atom. The van der Waals surface area contributed by atoms with E-state index in [2.05, 4.69) is 36.3 Å². The summed E-state index contributed by atoms with van der Waals surface area (Å²) in [5.74, 6) is 1.21. The van der Waals surface area contributed by atoms with Gasteiger partial charge < -0.3 is 9.84 Å². The van der Waals surface area contributed by atoms with Crippen molar-refractivity contribution >= 4 is 39.1 Å². The first-order chi connectivity index (χ1) is 14.5. The molecule has 1 amide bonds. The molecular weight excluding hydrogens is 468 g/mol. The van der Waals surface area contributed by atoms with Crippen LogP contribution in [0.4, 0.5) is 5.69 Å². The van der Waals surface area contributed by atoms with Gasteiger partial charge in [0, 0.05) is 26.7 Å². The van der Waals surface area contributed by atoms with Crippen LogP contribution in [0.2, 0.25) is 5.02 Å². The van der Waals surface area contributed by atoms with Crippen molar-refractivity contribution in [3.63, 3.8) is 0 Å². The van der Waals surface area contributed by atoms with Crippen molar-refractivity contribution in [3.8, 4) is 11.4 Å². The van der Waals surface area contributed by atoms with Crippen LogP contribution < -0.4 is 5.32 Å². The summed E-state index contributed by atoms with van der Waals surface area (Å²) in [6, 6.07) is 13.4. The van der Waals surface area contributed by atoms with Gasteiger partial charge in [0.1, 0.15) is 0 Å². The zero-order valence-corrected chi connectivity index (χ0v) is 18.9. The van der Waals surface area contributed by atoms with E-state index in [4.69, 9.17) is 16.1 Å². The molecule has 30 heavy (non-hydrogen) atoms. The molecule has 0 spiro atoms. The molecule has 1 aromatic heterocycles. The molecule has 6 nitrogen and oxygen atoms in total. The summed E-state index contributed by atoms with van der Waals surface area (Å²) in [5, 5.41) is 7.72. The van der Waals surface area contributed by atoms with Crippen LogP contribution in [-0.4, -0.2) is 34.0 Å². The lowest BCUT2D eigenvalue weighted by molar-refractivity contribution is -0.121. The van der Waals surface area contributed by atoms with Crippen molar-refractivity contribution < 1.29 is 9.32 Å². The fourth-order valence-corrected chi connectivity index (χ4v) is 3.94. The van der Waals surface area contributed by atoms with Crippen molar-refractivity contribution in [2.75, 3.05) is 18.4 Å². The molecule has 2 heterocycles. The van der Waals surface area contributed by atoms with Gasteiger partial charge in [-0.3, -0.25) is 9.69 Å². The number of anilines is 1. The summed E-state index contributed by atoms with van der Waals surface area (Å²) >= 11 is 9.57. The molecule has 3 aromatic rings. The number of benzene rings is 2. The van der Waals surface area contributed by atoms with E-state index < -0.39 is 0 Å². The predicted molar refractivity (Wildman–Crippen MR) is 120 cm³/mol. The molecule has 1 aliphatic heterocycles. The topological polar surface area (TPSA) is 71.3 Å². The Morgan fingerprint density at radius 3 is 2.67 bits per heavy atom. The number of aromatic nitrogens is 2. The number of amides is 1. The third-order valence-corrected chi connectivity index (χ3v) is 6.26. The average molecular weight is 490 g/mol. The quantitative estimate of drug-likeness (QED) is 0.526. The molecule has 4 rings (SSSR count). The average Bonchev–Trinajstić information content (AvgIpc) is 3.20. The molecule has 0 saturated carbocycles. The molecule has 0 atom stereocenters. The lowest BCUT2D eigenvalue weighted by Crippen LogP contribution is -2.37. The maximum atomic E-state index is 12.6. The Labute approximate surface area is 188 Å². The van der Waals surface area contributed by atoms with Crippen LogP contribution in [0.25, 0.3) is 11.4 Å². The number of halogens is 2. The molecular formula is C22H22BrClN4O2. The number of nitrogens with one attached hydrogen (secondary N) is 1. The van der Waals surface area contributed by atoms with Crippen LogP contribution in [0.3, 0.4) is 0 Å². The van der Waals surface area contributed by atoms with Gasteiger partial charge >= 0.3 is 0 Å². The minimum atomic E-state index is -0.0117. The van der Waals surface area contributed by atoms with Crippen molar-refractivity contribution in [2.24, 2.45) is 5.92 Å². The number of rotatable bonds is 5. The summed E-state index contributed by atoms with van der Waals surface area (Å²) in [5.41, 5.74) is 2.65. The third-order valence-electron chi connectivity index (χ3n) is 5.33. The highest BCUT2D eigenvalue weighted by atomic mass is 79.9. The highest BCUT2D eigenvalue weighted by Crippen LogP contribution is 2.24. The number of likely N-dealkylation sites (tertiary alicyclic amines) is 1. The van der Waals surface area contributed by atoms with Gasteiger partial charge in [0.25, 0.3) is 0 Å². The van der Waals surface area contributed by atoms with Crippen molar-refractivity contribution in [1.82, 2.24) is 15.0 Å². The first-order valence-electron chi connectivity index (χ1n) is 9.86. The van der Waals surface area contributed by atoms with E-state index in [1.54, 1.807) is 6.07 Å². The predicted octanol–water partition coefficient (Wildman–Crippen LogP) is 5.31. The number of aryl methyl sites for hydroxylation is 1. The van der Waals surface area contributed by atoms with Crippen molar-refractivity contribution in [1.29, 1.82) is 0 Å². The number of hydrogen-bond acceptors (Lipinski definition) is 5. The number of nitrogens with zero attached hydrogens (tertiary/aromatic N) is 3. The Kier molecular flexibility index (Phi) is 6.51. The Bertz CT molecular complexity index is 1030. The molecule has 0 unspecified atom stereocenters. The standard InChI is InChI=1S/C22H22BrClN4O2/c1-14-2-7-18(12-19(14)24)25-22(29)16-8-10-28(11-9-16)13-20-26-21(27-30-20)15-3-5-17(23)6-4-15/h2-7,12,16H,8-11,13H2,1H3,(H,25,29). The van der Waals surface area contributed by atoms with E-state index in [1.165, 1.54) is 0 Å². The summed E-state index contributed by atoms with van der Waals surface area (Å²) in [6.07, 6.45) is 1.58. The second kappa shape index (κ2) is 9.29. The van der Waals surface area contributed by atoms with Crippen molar-refractivity contribution in [2.45, 2.75) is 26.3 Å². The minimum Gasteiger partial charge on any atom is -0.338 e. The van der Waals surface area contributed by atoms with Gasteiger partial charge in [-0.15, -0.1) is 0 Å². The highest BCUT2D eigenvalue weighted by Gasteiger charge is 2.26. The molecule has 1 aliphatic rings. The van der Waals surface area contributed by atoms with Gasteiger partial charge in [-0.25, -0.2) is 0 Å². The Morgan fingerprint density at radius 2 is 1.97 bits per heavy atom. The van der Waals surface area contributed by atoms with E-state index in [0.717, 1.165) is 47.2 Å². The first-order valence-corrected chi connectivity index (χ1v) is 11.0. The van der Waals surface area contributed by atoms with Gasteiger partial charge in [-0.2, -0.15) is 4.98 Å². The number of carbonyl (C=O) groups excluding carboxylic acids is 1. The summed E-state index contributed by atoms with van der Waals surface area (Å²) in [7, 11) is 0. The zero-order valence-electron chi connectivity index (χ0n) is 16.6. The maximum Gasteiger partial charge on any atom is 0.241 e. The largest absolute Gasteiger partial charge is 0.338 e. The Hall–Kier alpha value is -2.22. The number of carbonyl (C=O) groups is 1. The zero-order chi connectivity index (χ0) is 21.1. The number of piperidine rings is 1. The monoisotopic (exact) mass is 488 g/mol. The fourth-order valence-electron chi connectivity index (χ4n) is 3.49. The third kappa shape index (κ3) is 5.09. The molecule has 2 aromatic carbocycles. The molecule has 0 bridgehead atoms. The minimum absolute atomic E-state index is 0.0117. The second-order valence-corrected chi connectivity index (χ2v) is 8.85. The van der Waals surface area contributed by atoms with E-state index in [0.29, 0.717) is 23.3 Å². The van der Waals surface area contributed by atoms with Crippen LogP contribution in [0.5, 0.6) is 0 Å². The normalized spacial score (nSPS) is 15.3. The maximum absolute atomic E-state index is 12.6. The highest BCUT2D eigenvalue weighted by molar-refractivity contribution is 9.10. The molecule has 1 fully saturated rings. The van der Waals surface area contributed by atoms with Crippen LogP contribution in [0.15, 0.2) is 51.5 Å². The molecule has 0 aliphatic carbocycles. The summed E-state index contributed by atoms with van der Waals surface area (Å²) < 4.78 is 6.43. The fraction of sp³-hybridized carbons (Fsp3) is 0.318. The second-order valence-electron chi connectivity index (χ2n) is 7.52. The van der Waals surface area contributed by atoms with E-state index in [1.807, 2.05) is 43.3 Å². The Balaban J connectivity index is 1.29. The van der Waals surface area contributed by atoms with Gasteiger partial charge in [0.2, 0.25) is 17.6 Å². The smallest absolute Gasteiger partial charge is 0.241 e. The van der Waals surface area contributed by atoms with Crippen LogP contribution in [0, 0.1) is 12.8 Å². The summed E-state index contributed by atoms with van der Waals surface area (Å²) in [6.45, 7) is 4.14. The summed E-state index contributed by atoms with van der Waals surface area (Å²) in [4.78, 5) is 19.3. The molecule has 0 radical (unpaired) electrons. The van der Waals surface area contributed by atoms with Gasteiger partial charge in [-0.05, 0) is 74.8 Å². The molecule has 1 N–H and O–H groups in total. The lowest BCUT2D eigenvalue weighted by Gasteiger charge is -2.30. The van der Waals surface area contributed by atoms with E-state index in [9.17, 15) is 4.79 Å². The first kappa shape index (κ1) is 21.0. The van der Waals surface area contributed by atoms with Gasteiger partial charge in [-0.1, -0.05) is 38.8 Å². The number of hydrogen-bond donors (Lipinski definition) is 1. The SMILES string of the molecule is Cc1ccc(NC(=O)C2CCN(Cc3nc(-c4ccc(Br)cc4)no3)CC2)cc1Cl. The van der Waals surface area contributed by atoms with Crippen LogP contribution in [-0.2, 0) is 11.3 Å². The van der Waals surface area contributed by atoms with Crippen LogP contribution >= 0.6 is 27.5 Å². The molecule has 156 valence electrons. The van der Waals surface area contributed by atoms with E-state index >= 15 is 0 Å². The van der Waals surface area contributed by atoms with Crippen LogP contribution in [0.1, 0.15) is 24.3 Å². The van der Waals surface area contributed by atoms with Gasteiger partial charge in [0.05, 0.1) is 6.54 Å². The van der Waals surface area contributed by atoms with Gasteiger partial charge in [0.15, 0.2) is 0 Å². The van der Waals surface area contributed by atoms with Crippen molar-refractivity contribution in [3.05, 3.63) is 63.4 Å². The molecule has 8 heteroatoms.